The lowest BCUT2D eigenvalue weighted by molar-refractivity contribution is -0.115. The van der Waals surface area contributed by atoms with Crippen LogP contribution in [0.5, 0.6) is 0 Å². The number of hydrogen-bond donors (Lipinski definition) is 3. The van der Waals surface area contributed by atoms with E-state index in [4.69, 9.17) is 10.8 Å². The molecular formula is C8H8F3N3O2. The number of nitrogens with zero attached hydrogens (tertiary/aromatic N) is 1. The van der Waals surface area contributed by atoms with Crippen LogP contribution in [0.25, 0.3) is 0 Å². The summed E-state index contributed by atoms with van der Waals surface area (Å²) in [5.74, 6) is -1.62. The monoisotopic (exact) mass is 235 g/mol. The van der Waals surface area contributed by atoms with Crippen molar-refractivity contribution < 1.29 is 23.1 Å². The third kappa shape index (κ3) is 3.01. The van der Waals surface area contributed by atoms with Gasteiger partial charge in [-0.05, 0) is 6.07 Å². The van der Waals surface area contributed by atoms with E-state index >= 15 is 0 Å². The van der Waals surface area contributed by atoms with Crippen LogP contribution in [0.1, 0.15) is 10.4 Å². The number of carboxylic acid groups (broad SMARTS) is 1. The van der Waals surface area contributed by atoms with E-state index in [9.17, 15) is 18.0 Å². The number of aromatic carboxylic acids is 1. The van der Waals surface area contributed by atoms with Crippen LogP contribution in [0.2, 0.25) is 0 Å². The lowest BCUT2D eigenvalue weighted by Crippen LogP contribution is -2.22. The van der Waals surface area contributed by atoms with Crippen LogP contribution < -0.4 is 11.1 Å². The third-order valence-electron chi connectivity index (χ3n) is 1.68. The summed E-state index contributed by atoms with van der Waals surface area (Å²) >= 11 is 0. The van der Waals surface area contributed by atoms with Crippen LogP contribution in [0.3, 0.4) is 0 Å². The Hall–Kier alpha value is -1.99. The summed E-state index contributed by atoms with van der Waals surface area (Å²) in [6, 6.07) is 1.11. The fourth-order valence-corrected chi connectivity index (χ4v) is 0.985. The molecule has 88 valence electrons. The molecule has 0 saturated carbocycles. The van der Waals surface area contributed by atoms with Gasteiger partial charge in [0.1, 0.15) is 12.4 Å². The Bertz CT molecular complexity index is 406. The maximum atomic E-state index is 11.9. The molecule has 0 aliphatic heterocycles. The minimum atomic E-state index is -4.42. The average molecular weight is 235 g/mol. The Labute approximate surface area is 88.1 Å². The predicted octanol–water partition coefficient (Wildman–Crippen LogP) is 1.34. The molecule has 0 bridgehead atoms. The number of alkyl halides is 3. The zero-order valence-electron chi connectivity index (χ0n) is 7.88. The van der Waals surface area contributed by atoms with Gasteiger partial charge in [-0.2, -0.15) is 13.2 Å². The maximum Gasteiger partial charge on any atom is 0.405 e. The lowest BCUT2D eigenvalue weighted by Gasteiger charge is -2.11. The summed E-state index contributed by atoms with van der Waals surface area (Å²) < 4.78 is 35.7. The van der Waals surface area contributed by atoms with Crippen molar-refractivity contribution in [1.82, 2.24) is 4.98 Å². The highest BCUT2D eigenvalue weighted by atomic mass is 19.4. The molecule has 0 unspecified atom stereocenters. The molecule has 0 spiro atoms. The van der Waals surface area contributed by atoms with Crippen molar-refractivity contribution in [1.29, 1.82) is 0 Å². The van der Waals surface area contributed by atoms with Crippen molar-refractivity contribution >= 4 is 17.5 Å². The van der Waals surface area contributed by atoms with E-state index in [0.29, 0.717) is 0 Å². The first kappa shape index (κ1) is 12.1. The molecule has 16 heavy (non-hydrogen) atoms. The summed E-state index contributed by atoms with van der Waals surface area (Å²) in [5.41, 5.74) is 4.73. The number of carbonyl (C=O) groups is 1. The Morgan fingerprint density at radius 1 is 1.56 bits per heavy atom. The summed E-state index contributed by atoms with van der Waals surface area (Å²) in [6.45, 7) is -1.33. The van der Waals surface area contributed by atoms with Gasteiger partial charge in [-0.15, -0.1) is 0 Å². The lowest BCUT2D eigenvalue weighted by atomic mass is 10.2. The van der Waals surface area contributed by atoms with Crippen molar-refractivity contribution in [3.05, 3.63) is 17.8 Å². The van der Waals surface area contributed by atoms with E-state index in [-0.39, 0.29) is 17.1 Å². The van der Waals surface area contributed by atoms with Gasteiger partial charge in [0, 0.05) is 6.20 Å². The van der Waals surface area contributed by atoms with Gasteiger partial charge in [0.05, 0.1) is 11.3 Å². The van der Waals surface area contributed by atoms with Crippen LogP contribution in [0.15, 0.2) is 12.3 Å². The van der Waals surface area contributed by atoms with Gasteiger partial charge in [-0.25, -0.2) is 9.78 Å². The second-order valence-electron chi connectivity index (χ2n) is 2.89. The maximum absolute atomic E-state index is 11.9. The zero-order valence-corrected chi connectivity index (χ0v) is 7.88. The first-order chi connectivity index (χ1) is 7.31. The molecule has 1 heterocycles. The zero-order chi connectivity index (χ0) is 12.3. The average Bonchev–Trinajstić information content (AvgIpc) is 2.14. The van der Waals surface area contributed by atoms with Crippen LogP contribution in [-0.4, -0.2) is 28.8 Å². The highest BCUT2D eigenvalue weighted by molar-refractivity contribution is 5.96. The Morgan fingerprint density at radius 3 is 2.69 bits per heavy atom. The molecule has 0 saturated heterocycles. The van der Waals surface area contributed by atoms with Crippen molar-refractivity contribution in [2.24, 2.45) is 0 Å². The highest BCUT2D eigenvalue weighted by Gasteiger charge is 2.27. The van der Waals surface area contributed by atoms with Gasteiger partial charge in [0.2, 0.25) is 0 Å². The number of rotatable bonds is 3. The number of anilines is 2. The quantitative estimate of drug-likeness (QED) is 0.735. The number of aromatic nitrogens is 1. The molecule has 0 aliphatic rings. The van der Waals surface area contributed by atoms with Crippen molar-refractivity contribution in [2.75, 3.05) is 17.6 Å². The van der Waals surface area contributed by atoms with Gasteiger partial charge in [-0.3, -0.25) is 0 Å². The fraction of sp³-hybridized carbons (Fsp3) is 0.250. The molecule has 0 amide bonds. The molecule has 0 radical (unpaired) electrons. The second kappa shape index (κ2) is 4.25. The van der Waals surface area contributed by atoms with Gasteiger partial charge < -0.3 is 16.2 Å². The number of carboxylic acids is 1. The molecule has 0 atom stereocenters. The fourth-order valence-electron chi connectivity index (χ4n) is 0.985. The van der Waals surface area contributed by atoms with Crippen LogP contribution in [0.4, 0.5) is 24.7 Å². The molecular weight excluding hydrogens is 227 g/mol. The molecule has 0 aliphatic carbocycles. The summed E-state index contributed by atoms with van der Waals surface area (Å²) in [4.78, 5) is 14.1. The Morgan fingerprint density at radius 2 is 2.19 bits per heavy atom. The third-order valence-corrected chi connectivity index (χ3v) is 1.68. The summed E-state index contributed by atoms with van der Waals surface area (Å²) in [7, 11) is 0. The van der Waals surface area contributed by atoms with E-state index in [0.717, 1.165) is 12.3 Å². The molecule has 8 heteroatoms. The molecule has 1 rings (SSSR count). The summed E-state index contributed by atoms with van der Waals surface area (Å²) in [6.07, 6.45) is -3.36. The largest absolute Gasteiger partial charge is 0.478 e. The van der Waals surface area contributed by atoms with Gasteiger partial charge in [0.25, 0.3) is 0 Å². The van der Waals surface area contributed by atoms with E-state index in [1.54, 1.807) is 0 Å². The predicted molar refractivity (Wildman–Crippen MR) is 50.2 cm³/mol. The molecule has 4 N–H and O–H groups in total. The van der Waals surface area contributed by atoms with E-state index in [1.165, 1.54) is 0 Å². The van der Waals surface area contributed by atoms with E-state index < -0.39 is 18.7 Å². The van der Waals surface area contributed by atoms with E-state index in [1.807, 2.05) is 5.32 Å². The van der Waals surface area contributed by atoms with Crippen LogP contribution in [0, 0.1) is 0 Å². The number of halogens is 3. The summed E-state index contributed by atoms with van der Waals surface area (Å²) in [5, 5.41) is 10.6. The van der Waals surface area contributed by atoms with Crippen molar-refractivity contribution in [3.63, 3.8) is 0 Å². The molecule has 1 aromatic rings. The molecule has 1 aromatic heterocycles. The SMILES string of the molecule is Nc1c(C(=O)O)ccnc1NCC(F)(F)F. The van der Waals surface area contributed by atoms with Crippen LogP contribution >= 0.6 is 0 Å². The number of nitrogen functional groups attached to an aromatic ring is 1. The number of nitrogens with two attached hydrogens (primary N) is 1. The van der Waals surface area contributed by atoms with E-state index in [2.05, 4.69) is 4.98 Å². The number of hydrogen-bond acceptors (Lipinski definition) is 4. The Kier molecular flexibility index (Phi) is 3.21. The minimum absolute atomic E-state index is 0.292. The number of nitrogens with one attached hydrogen (secondary N) is 1. The number of pyridine rings is 1. The van der Waals surface area contributed by atoms with Crippen molar-refractivity contribution in [3.8, 4) is 0 Å². The first-order valence-electron chi connectivity index (χ1n) is 4.09. The smallest absolute Gasteiger partial charge is 0.405 e. The molecule has 5 nitrogen and oxygen atoms in total. The highest BCUT2D eigenvalue weighted by Crippen LogP contribution is 2.22. The van der Waals surface area contributed by atoms with Gasteiger partial charge >= 0.3 is 12.1 Å². The topological polar surface area (TPSA) is 88.2 Å². The molecule has 0 aromatic carbocycles. The minimum Gasteiger partial charge on any atom is -0.478 e. The van der Waals surface area contributed by atoms with Gasteiger partial charge in [-0.1, -0.05) is 0 Å². The Balaban J connectivity index is 2.90. The normalized spacial score (nSPS) is 11.2. The van der Waals surface area contributed by atoms with Crippen LogP contribution in [-0.2, 0) is 0 Å². The van der Waals surface area contributed by atoms with Gasteiger partial charge in [0.15, 0.2) is 0 Å². The standard InChI is InChI=1S/C8H8F3N3O2/c9-8(10,11)3-14-6-5(12)4(7(15)16)1-2-13-6/h1-2H,3,12H2,(H,13,14)(H,15,16). The molecule has 0 fully saturated rings. The second-order valence-corrected chi connectivity index (χ2v) is 2.89. The first-order valence-corrected chi connectivity index (χ1v) is 4.09. The van der Waals surface area contributed by atoms with Crippen molar-refractivity contribution in [2.45, 2.75) is 6.18 Å².